The van der Waals surface area contributed by atoms with Crippen molar-refractivity contribution in [2.45, 2.75) is 39.3 Å². The van der Waals surface area contributed by atoms with Gasteiger partial charge in [0.2, 0.25) is 5.75 Å². The molecule has 2 aromatic rings. The molecule has 0 unspecified atom stereocenters. The summed E-state index contributed by atoms with van der Waals surface area (Å²) in [5, 5.41) is 3.70. The average molecular weight is 385 g/mol. The van der Waals surface area contributed by atoms with E-state index in [9.17, 15) is 0 Å². The zero-order valence-corrected chi connectivity index (χ0v) is 17.7. The van der Waals surface area contributed by atoms with Crippen molar-refractivity contribution >= 4 is 5.69 Å². The number of rotatable bonds is 7. The highest BCUT2D eigenvalue weighted by Crippen LogP contribution is 2.40. The largest absolute Gasteiger partial charge is 0.493 e. The molecule has 0 atom stereocenters. The average Bonchev–Trinajstić information content (AvgIpc) is 2.71. The standard InChI is InChI=1S/C23H32N2O3/c1-16-6-8-20(14-17(16)2)24-19-10-12-25(13-11-19)15-18-7-9-21(26-3)23(28-5)22(18)27-4/h6-9,14,19,24H,10-13,15H2,1-5H3. The van der Waals surface area contributed by atoms with Crippen molar-refractivity contribution in [1.29, 1.82) is 0 Å². The molecule has 0 saturated carbocycles. The minimum absolute atomic E-state index is 0.519. The molecule has 1 aliphatic heterocycles. The minimum Gasteiger partial charge on any atom is -0.493 e. The smallest absolute Gasteiger partial charge is 0.203 e. The van der Waals surface area contributed by atoms with E-state index in [2.05, 4.69) is 48.3 Å². The molecule has 1 aliphatic rings. The van der Waals surface area contributed by atoms with Gasteiger partial charge in [0.1, 0.15) is 0 Å². The number of methoxy groups -OCH3 is 3. The second-order valence-electron chi connectivity index (χ2n) is 7.49. The number of nitrogens with zero attached hydrogens (tertiary/aromatic N) is 1. The highest BCUT2D eigenvalue weighted by molar-refractivity contribution is 5.55. The number of benzene rings is 2. The first kappa shape index (κ1) is 20.3. The Kier molecular flexibility index (Phi) is 6.68. The Morgan fingerprint density at radius 2 is 1.61 bits per heavy atom. The van der Waals surface area contributed by atoms with Crippen LogP contribution in [0.4, 0.5) is 5.69 Å². The molecule has 28 heavy (non-hydrogen) atoms. The highest BCUT2D eigenvalue weighted by Gasteiger charge is 2.22. The molecule has 0 spiro atoms. The number of hydrogen-bond donors (Lipinski definition) is 1. The fraction of sp³-hybridized carbons (Fsp3) is 0.478. The molecule has 5 nitrogen and oxygen atoms in total. The summed E-state index contributed by atoms with van der Waals surface area (Å²) in [5.74, 6) is 2.12. The first-order valence-electron chi connectivity index (χ1n) is 9.89. The van der Waals surface area contributed by atoms with Gasteiger partial charge in [-0.1, -0.05) is 12.1 Å². The maximum absolute atomic E-state index is 5.63. The number of aryl methyl sites for hydroxylation is 2. The molecule has 1 fully saturated rings. The van der Waals surface area contributed by atoms with Crippen LogP contribution in [-0.2, 0) is 6.54 Å². The molecule has 0 aliphatic carbocycles. The Morgan fingerprint density at radius 1 is 0.893 bits per heavy atom. The number of nitrogens with one attached hydrogen (secondary N) is 1. The van der Waals surface area contributed by atoms with Gasteiger partial charge < -0.3 is 19.5 Å². The third-order valence-corrected chi connectivity index (χ3v) is 5.64. The van der Waals surface area contributed by atoms with Gasteiger partial charge in [-0.15, -0.1) is 0 Å². The first-order chi connectivity index (χ1) is 13.5. The van der Waals surface area contributed by atoms with Crippen LogP contribution in [0.3, 0.4) is 0 Å². The molecule has 0 bridgehead atoms. The third kappa shape index (κ3) is 4.53. The van der Waals surface area contributed by atoms with Gasteiger partial charge in [0, 0.05) is 36.9 Å². The van der Waals surface area contributed by atoms with Crippen LogP contribution in [0.1, 0.15) is 29.5 Å². The van der Waals surface area contributed by atoms with Gasteiger partial charge in [0.15, 0.2) is 11.5 Å². The summed E-state index contributed by atoms with van der Waals surface area (Å²) in [6.07, 6.45) is 2.26. The monoisotopic (exact) mass is 384 g/mol. The van der Waals surface area contributed by atoms with Gasteiger partial charge in [-0.3, -0.25) is 4.90 Å². The van der Waals surface area contributed by atoms with Crippen LogP contribution in [-0.4, -0.2) is 45.4 Å². The SMILES string of the molecule is COc1ccc(CN2CCC(Nc3ccc(C)c(C)c3)CC2)c(OC)c1OC. The lowest BCUT2D eigenvalue weighted by atomic mass is 10.0. The molecule has 1 N–H and O–H groups in total. The number of likely N-dealkylation sites (tertiary alicyclic amines) is 1. The van der Waals surface area contributed by atoms with Gasteiger partial charge >= 0.3 is 0 Å². The maximum Gasteiger partial charge on any atom is 0.203 e. The van der Waals surface area contributed by atoms with E-state index in [1.807, 2.05) is 6.07 Å². The molecule has 5 heteroatoms. The molecule has 0 radical (unpaired) electrons. The van der Waals surface area contributed by atoms with Crippen molar-refractivity contribution in [2.75, 3.05) is 39.7 Å². The number of anilines is 1. The first-order valence-corrected chi connectivity index (χ1v) is 9.89. The van der Waals surface area contributed by atoms with E-state index in [0.29, 0.717) is 17.5 Å². The quantitative estimate of drug-likeness (QED) is 0.766. The van der Waals surface area contributed by atoms with Crippen molar-refractivity contribution in [3.05, 3.63) is 47.0 Å². The molecule has 0 aromatic heterocycles. The maximum atomic E-state index is 5.63. The predicted molar refractivity (Wildman–Crippen MR) is 114 cm³/mol. The highest BCUT2D eigenvalue weighted by atomic mass is 16.5. The van der Waals surface area contributed by atoms with Crippen molar-refractivity contribution in [3.63, 3.8) is 0 Å². The lowest BCUT2D eigenvalue weighted by Crippen LogP contribution is -2.38. The van der Waals surface area contributed by atoms with Gasteiger partial charge in [-0.25, -0.2) is 0 Å². The Labute approximate surface area is 168 Å². The van der Waals surface area contributed by atoms with E-state index in [-0.39, 0.29) is 0 Å². The van der Waals surface area contributed by atoms with E-state index < -0.39 is 0 Å². The summed E-state index contributed by atoms with van der Waals surface area (Å²) in [7, 11) is 4.97. The topological polar surface area (TPSA) is 43.0 Å². The summed E-state index contributed by atoms with van der Waals surface area (Å²) >= 11 is 0. The van der Waals surface area contributed by atoms with Crippen LogP contribution < -0.4 is 19.5 Å². The van der Waals surface area contributed by atoms with Crippen LogP contribution >= 0.6 is 0 Å². The van der Waals surface area contributed by atoms with E-state index >= 15 is 0 Å². The molecule has 152 valence electrons. The van der Waals surface area contributed by atoms with Crippen LogP contribution in [0.5, 0.6) is 17.2 Å². The zero-order chi connectivity index (χ0) is 20.1. The van der Waals surface area contributed by atoms with E-state index in [1.54, 1.807) is 21.3 Å². The summed E-state index contributed by atoms with van der Waals surface area (Å²) in [6.45, 7) is 7.28. The number of piperidine rings is 1. The van der Waals surface area contributed by atoms with Crippen molar-refractivity contribution in [3.8, 4) is 17.2 Å². The molecule has 0 amide bonds. The van der Waals surface area contributed by atoms with Gasteiger partial charge in [-0.05, 0) is 56.0 Å². The zero-order valence-electron chi connectivity index (χ0n) is 17.7. The minimum atomic E-state index is 0.519. The van der Waals surface area contributed by atoms with Crippen LogP contribution in [0, 0.1) is 13.8 Å². The predicted octanol–water partition coefficient (Wildman–Crippen LogP) is 4.41. The Balaban J connectivity index is 1.60. The van der Waals surface area contributed by atoms with Gasteiger partial charge in [0.25, 0.3) is 0 Å². The summed E-state index contributed by atoms with van der Waals surface area (Å²) < 4.78 is 16.5. The second-order valence-corrected chi connectivity index (χ2v) is 7.49. The molecular formula is C23H32N2O3. The fourth-order valence-electron chi connectivity index (χ4n) is 3.83. The molecular weight excluding hydrogens is 352 g/mol. The number of hydrogen-bond acceptors (Lipinski definition) is 5. The Bertz CT molecular complexity index is 799. The van der Waals surface area contributed by atoms with Crippen molar-refractivity contribution in [1.82, 2.24) is 4.90 Å². The lowest BCUT2D eigenvalue weighted by Gasteiger charge is -2.33. The molecule has 1 saturated heterocycles. The molecule has 2 aromatic carbocycles. The normalized spacial score (nSPS) is 15.3. The van der Waals surface area contributed by atoms with Crippen molar-refractivity contribution < 1.29 is 14.2 Å². The summed E-state index contributed by atoms with van der Waals surface area (Å²) in [6, 6.07) is 11.2. The summed E-state index contributed by atoms with van der Waals surface area (Å²) in [4.78, 5) is 2.47. The summed E-state index contributed by atoms with van der Waals surface area (Å²) in [5.41, 5.74) is 5.02. The Hall–Kier alpha value is -2.40. The van der Waals surface area contributed by atoms with E-state index in [4.69, 9.17) is 14.2 Å². The van der Waals surface area contributed by atoms with E-state index in [1.165, 1.54) is 16.8 Å². The number of ether oxygens (including phenoxy) is 3. The van der Waals surface area contributed by atoms with Gasteiger partial charge in [0.05, 0.1) is 21.3 Å². The fourth-order valence-corrected chi connectivity index (χ4v) is 3.83. The second kappa shape index (κ2) is 9.20. The van der Waals surface area contributed by atoms with Crippen molar-refractivity contribution in [2.24, 2.45) is 0 Å². The Morgan fingerprint density at radius 3 is 2.21 bits per heavy atom. The molecule has 1 heterocycles. The molecule has 3 rings (SSSR count). The van der Waals surface area contributed by atoms with Crippen LogP contribution in [0.15, 0.2) is 30.3 Å². The van der Waals surface area contributed by atoms with E-state index in [0.717, 1.165) is 43.8 Å². The van der Waals surface area contributed by atoms with Crippen LogP contribution in [0.2, 0.25) is 0 Å². The van der Waals surface area contributed by atoms with Gasteiger partial charge in [-0.2, -0.15) is 0 Å². The lowest BCUT2D eigenvalue weighted by molar-refractivity contribution is 0.208. The third-order valence-electron chi connectivity index (χ3n) is 5.64. The van der Waals surface area contributed by atoms with Crippen LogP contribution in [0.25, 0.3) is 0 Å².